The number of rotatable bonds is 12. The Hall–Kier alpha value is -3.00. The molecule has 2 rings (SSSR count). The minimum absolute atomic E-state index is 0.113. The highest BCUT2D eigenvalue weighted by Gasteiger charge is 2.12. The molecule has 1 N–H and O–H groups in total. The molecule has 0 aliphatic heterocycles. The molecule has 0 radical (unpaired) electrons. The second kappa shape index (κ2) is 12.6. The number of allylic oxidation sites excluding steroid dienone is 2. The summed E-state index contributed by atoms with van der Waals surface area (Å²) in [5.74, 6) is 0. The van der Waals surface area contributed by atoms with Crippen LogP contribution in [-0.4, -0.2) is 28.7 Å². The van der Waals surface area contributed by atoms with Gasteiger partial charge >= 0.3 is 0 Å². The molecule has 0 saturated heterocycles. The average molecular weight is 442 g/mol. The first kappa shape index (κ1) is 24.3. The number of sulfonamides is 1. The van der Waals surface area contributed by atoms with E-state index in [9.17, 15) is 8.42 Å². The van der Waals surface area contributed by atoms with Gasteiger partial charge in [-0.15, -0.1) is 0 Å². The Balaban J connectivity index is 1.88. The van der Waals surface area contributed by atoms with Gasteiger partial charge in [-0.1, -0.05) is 32.3 Å². The van der Waals surface area contributed by atoms with E-state index in [4.69, 9.17) is 0 Å². The molecular formula is C23H31N5O2S. The molecule has 0 amide bonds. The fourth-order valence-corrected chi connectivity index (χ4v) is 3.47. The second-order valence-electron chi connectivity index (χ2n) is 7.26. The van der Waals surface area contributed by atoms with Crippen molar-refractivity contribution in [3.05, 3.63) is 60.7 Å². The van der Waals surface area contributed by atoms with E-state index < -0.39 is 10.0 Å². The van der Waals surface area contributed by atoms with Crippen molar-refractivity contribution in [1.29, 1.82) is 0 Å². The van der Waals surface area contributed by atoms with Crippen LogP contribution in [0, 0.1) is 0 Å². The number of hydrogen-bond donors (Lipinski definition) is 1. The maximum atomic E-state index is 12.3. The van der Waals surface area contributed by atoms with Crippen LogP contribution < -0.4 is 9.73 Å². The van der Waals surface area contributed by atoms with Gasteiger partial charge in [0.1, 0.15) is 0 Å². The molecule has 166 valence electrons. The predicted octanol–water partition coefficient (Wildman–Crippen LogP) is 5.96. The molecule has 0 saturated carbocycles. The van der Waals surface area contributed by atoms with Crippen molar-refractivity contribution in [2.45, 2.75) is 43.9 Å². The molecule has 0 atom stereocenters. The largest absolute Gasteiger partial charge is 0.378 e. The number of nitrogens with one attached hydrogen (secondary N) is 1. The fourth-order valence-electron chi connectivity index (χ4n) is 2.67. The van der Waals surface area contributed by atoms with Crippen molar-refractivity contribution in [3.8, 4) is 0 Å². The van der Waals surface area contributed by atoms with Gasteiger partial charge < -0.3 is 4.90 Å². The van der Waals surface area contributed by atoms with E-state index in [0.717, 1.165) is 24.2 Å². The van der Waals surface area contributed by atoms with Crippen molar-refractivity contribution in [2.24, 2.45) is 15.3 Å². The number of hydrazone groups is 1. The molecule has 2 aromatic carbocycles. The van der Waals surface area contributed by atoms with E-state index >= 15 is 0 Å². The Morgan fingerprint density at radius 1 is 0.903 bits per heavy atom. The first-order valence-electron chi connectivity index (χ1n) is 10.4. The Morgan fingerprint density at radius 2 is 1.52 bits per heavy atom. The van der Waals surface area contributed by atoms with Crippen LogP contribution >= 0.6 is 0 Å². The first-order valence-corrected chi connectivity index (χ1v) is 11.9. The summed E-state index contributed by atoms with van der Waals surface area (Å²) in [6, 6.07) is 13.8. The monoisotopic (exact) mass is 441 g/mol. The molecule has 0 aliphatic carbocycles. The quantitative estimate of drug-likeness (QED) is 0.191. The summed E-state index contributed by atoms with van der Waals surface area (Å²) in [4.78, 5) is 4.33. The van der Waals surface area contributed by atoms with E-state index in [0.29, 0.717) is 5.69 Å². The van der Waals surface area contributed by atoms with Gasteiger partial charge in [-0.2, -0.15) is 23.7 Å². The fraction of sp³-hybridized carbons (Fsp3) is 0.348. The van der Waals surface area contributed by atoms with E-state index in [-0.39, 0.29) is 4.90 Å². The van der Waals surface area contributed by atoms with E-state index in [1.165, 1.54) is 37.6 Å². The van der Waals surface area contributed by atoms with Gasteiger partial charge in [0.05, 0.1) is 16.3 Å². The molecule has 0 unspecified atom stereocenters. The van der Waals surface area contributed by atoms with Gasteiger partial charge in [0, 0.05) is 26.0 Å². The average Bonchev–Trinajstić information content (AvgIpc) is 2.77. The zero-order valence-corrected chi connectivity index (χ0v) is 19.2. The highest BCUT2D eigenvalue weighted by atomic mass is 32.2. The van der Waals surface area contributed by atoms with Gasteiger partial charge in [0.15, 0.2) is 0 Å². The van der Waals surface area contributed by atoms with Crippen molar-refractivity contribution in [2.75, 3.05) is 19.0 Å². The minimum atomic E-state index is -3.72. The molecular weight excluding hydrogens is 410 g/mol. The summed E-state index contributed by atoms with van der Waals surface area (Å²) in [6.45, 7) is 2.18. The van der Waals surface area contributed by atoms with Crippen LogP contribution in [0.1, 0.15) is 39.0 Å². The zero-order chi connectivity index (χ0) is 22.5. The summed E-state index contributed by atoms with van der Waals surface area (Å²) in [6.07, 6.45) is 11.0. The summed E-state index contributed by atoms with van der Waals surface area (Å²) >= 11 is 0. The number of unbranched alkanes of at least 4 members (excludes halogenated alkanes) is 4. The zero-order valence-electron chi connectivity index (χ0n) is 18.4. The number of hydrogen-bond acceptors (Lipinski definition) is 6. The Bertz CT molecular complexity index is 980. The summed E-state index contributed by atoms with van der Waals surface area (Å²) in [5.41, 5.74) is 2.35. The molecule has 0 aliphatic rings. The standard InChI is InChI=1S/C23H31N5O2S/c1-4-5-6-7-8-9-10-19-24-27-31(29,30)23-17-13-21(14-18-23)26-25-20-11-15-22(16-12-20)28(2)3/h9-19,27H,4-8H2,1-3H3/b10-9+,24-19+,26-25?. The molecule has 2 aromatic rings. The molecule has 0 spiro atoms. The first-order chi connectivity index (χ1) is 14.9. The lowest BCUT2D eigenvalue weighted by atomic mass is 10.1. The lowest BCUT2D eigenvalue weighted by molar-refractivity contribution is 0.584. The van der Waals surface area contributed by atoms with Crippen LogP contribution in [0.4, 0.5) is 17.1 Å². The molecule has 31 heavy (non-hydrogen) atoms. The van der Waals surface area contributed by atoms with E-state index in [1.54, 1.807) is 18.2 Å². The van der Waals surface area contributed by atoms with Crippen molar-refractivity contribution in [3.63, 3.8) is 0 Å². The topological polar surface area (TPSA) is 86.5 Å². The maximum Gasteiger partial charge on any atom is 0.276 e. The third kappa shape index (κ3) is 8.72. The van der Waals surface area contributed by atoms with Crippen LogP contribution in [0.3, 0.4) is 0 Å². The predicted molar refractivity (Wildman–Crippen MR) is 128 cm³/mol. The van der Waals surface area contributed by atoms with Crippen LogP contribution in [-0.2, 0) is 10.0 Å². The van der Waals surface area contributed by atoms with E-state index in [1.807, 2.05) is 49.3 Å². The van der Waals surface area contributed by atoms with Gasteiger partial charge in [-0.25, -0.2) is 4.83 Å². The number of nitrogens with zero attached hydrogens (tertiary/aromatic N) is 4. The number of benzene rings is 2. The Kier molecular flexibility index (Phi) is 9.90. The third-order valence-corrected chi connectivity index (χ3v) is 5.73. The number of anilines is 1. The van der Waals surface area contributed by atoms with Crippen LogP contribution in [0.15, 0.2) is 80.9 Å². The third-order valence-electron chi connectivity index (χ3n) is 4.49. The maximum absolute atomic E-state index is 12.3. The lowest BCUT2D eigenvalue weighted by Crippen LogP contribution is -2.17. The molecule has 7 nitrogen and oxygen atoms in total. The molecule has 0 bridgehead atoms. The summed E-state index contributed by atoms with van der Waals surface area (Å²) in [5, 5.41) is 12.1. The van der Waals surface area contributed by atoms with Crippen molar-refractivity contribution < 1.29 is 8.42 Å². The van der Waals surface area contributed by atoms with Crippen LogP contribution in [0.5, 0.6) is 0 Å². The summed E-state index contributed by atoms with van der Waals surface area (Å²) in [7, 11) is 0.221. The molecule has 8 heteroatoms. The smallest absolute Gasteiger partial charge is 0.276 e. The highest BCUT2D eigenvalue weighted by Crippen LogP contribution is 2.22. The number of azo groups is 1. The van der Waals surface area contributed by atoms with Gasteiger partial charge in [0.25, 0.3) is 10.0 Å². The molecule has 0 heterocycles. The molecule has 0 fully saturated rings. The summed E-state index contributed by atoms with van der Waals surface area (Å²) < 4.78 is 24.6. The second-order valence-corrected chi connectivity index (χ2v) is 8.92. The van der Waals surface area contributed by atoms with Gasteiger partial charge in [0.2, 0.25) is 0 Å². The van der Waals surface area contributed by atoms with Gasteiger partial charge in [-0.05, 0) is 67.4 Å². The lowest BCUT2D eigenvalue weighted by Gasteiger charge is -2.11. The minimum Gasteiger partial charge on any atom is -0.378 e. The van der Waals surface area contributed by atoms with Crippen LogP contribution in [0.25, 0.3) is 0 Å². The Morgan fingerprint density at radius 3 is 2.10 bits per heavy atom. The SMILES string of the molecule is CCCCCC/C=C/C=N/NS(=O)(=O)c1ccc(N=Nc2ccc(N(C)C)cc2)cc1. The highest BCUT2D eigenvalue weighted by molar-refractivity contribution is 7.89. The van der Waals surface area contributed by atoms with Crippen LogP contribution in [0.2, 0.25) is 0 Å². The van der Waals surface area contributed by atoms with Crippen molar-refractivity contribution in [1.82, 2.24) is 4.83 Å². The van der Waals surface area contributed by atoms with Gasteiger partial charge in [-0.3, -0.25) is 0 Å². The van der Waals surface area contributed by atoms with Crippen molar-refractivity contribution >= 4 is 33.3 Å². The molecule has 0 aromatic heterocycles. The normalized spacial score (nSPS) is 12.2. The van der Waals surface area contributed by atoms with E-state index in [2.05, 4.69) is 27.1 Å². The Labute approximate surface area is 185 Å².